The third kappa shape index (κ3) is 0.977. The molecule has 1 saturated carbocycles. The first kappa shape index (κ1) is 9.53. The highest BCUT2D eigenvalue weighted by Crippen LogP contribution is 2.60. The molecule has 0 saturated heterocycles. The molecule has 0 amide bonds. The van der Waals surface area contributed by atoms with Crippen LogP contribution in [0.3, 0.4) is 0 Å². The summed E-state index contributed by atoms with van der Waals surface area (Å²) in [7, 11) is 0. The van der Waals surface area contributed by atoms with E-state index in [1.54, 1.807) is 5.57 Å². The highest BCUT2D eigenvalue weighted by molar-refractivity contribution is 6.23. The molecule has 0 heterocycles. The molecule has 0 spiro atoms. The van der Waals surface area contributed by atoms with E-state index in [2.05, 4.69) is 37.3 Å². The molecule has 0 aromatic carbocycles. The molecule has 4 aliphatic rings. The summed E-state index contributed by atoms with van der Waals surface area (Å²) in [5.74, 6) is 4.72. The lowest BCUT2D eigenvalue weighted by molar-refractivity contribution is 0.113. The first-order valence-electron chi connectivity index (χ1n) is 6.48. The number of hydrogen-bond donors (Lipinski definition) is 0. The van der Waals surface area contributed by atoms with Gasteiger partial charge >= 0.3 is 0 Å². The van der Waals surface area contributed by atoms with Crippen molar-refractivity contribution in [3.8, 4) is 0 Å². The predicted molar refractivity (Wildman–Crippen MR) is 67.2 cm³/mol. The summed E-state index contributed by atoms with van der Waals surface area (Å²) in [5.41, 5.74) is 1.54. The second kappa shape index (κ2) is 3.04. The van der Waals surface area contributed by atoms with Crippen molar-refractivity contribution < 1.29 is 0 Å². The molecule has 4 rings (SSSR count). The SMILES string of the molecule is CC1C=CC1C1C=CC1C1C2CC=C2[C@H]1Cl. The molecule has 7 atom stereocenters. The van der Waals surface area contributed by atoms with Crippen molar-refractivity contribution in [3.63, 3.8) is 0 Å². The summed E-state index contributed by atoms with van der Waals surface area (Å²) in [6, 6.07) is 0. The highest BCUT2D eigenvalue weighted by Gasteiger charge is 2.54. The van der Waals surface area contributed by atoms with Crippen LogP contribution in [-0.4, -0.2) is 5.38 Å². The van der Waals surface area contributed by atoms with Crippen LogP contribution in [0.5, 0.6) is 0 Å². The highest BCUT2D eigenvalue weighted by atomic mass is 35.5. The molecule has 0 N–H and O–H groups in total. The van der Waals surface area contributed by atoms with Gasteiger partial charge in [-0.05, 0) is 41.9 Å². The fourth-order valence-electron chi connectivity index (χ4n) is 3.94. The number of allylic oxidation sites excluding steroid dienone is 6. The second-order valence-electron chi connectivity index (χ2n) is 5.89. The van der Waals surface area contributed by atoms with Crippen LogP contribution in [0.15, 0.2) is 36.0 Å². The van der Waals surface area contributed by atoms with Gasteiger partial charge in [-0.3, -0.25) is 0 Å². The van der Waals surface area contributed by atoms with Gasteiger partial charge in [0.05, 0.1) is 5.38 Å². The summed E-state index contributed by atoms with van der Waals surface area (Å²) < 4.78 is 0. The van der Waals surface area contributed by atoms with Crippen molar-refractivity contribution >= 4 is 11.6 Å². The fourth-order valence-corrected chi connectivity index (χ4v) is 4.53. The van der Waals surface area contributed by atoms with Crippen LogP contribution in [0, 0.1) is 35.5 Å². The van der Waals surface area contributed by atoms with Crippen molar-refractivity contribution in [3.05, 3.63) is 36.0 Å². The molecule has 1 heteroatoms. The molecule has 0 radical (unpaired) electrons. The van der Waals surface area contributed by atoms with E-state index in [0.717, 1.165) is 35.5 Å². The van der Waals surface area contributed by atoms with Gasteiger partial charge in [-0.25, -0.2) is 0 Å². The molecule has 4 aliphatic carbocycles. The minimum absolute atomic E-state index is 0.357. The normalized spacial score (nSPS) is 56.4. The van der Waals surface area contributed by atoms with Crippen LogP contribution in [0.4, 0.5) is 0 Å². The average molecular weight is 233 g/mol. The molecule has 16 heavy (non-hydrogen) atoms. The standard InChI is InChI=1S/C15H17Cl/c1-8-2-3-9(8)10-4-5-11(10)14-12-6-7-13(12)15(14)16/h2-5,7-12,14-15H,6H2,1H3/t8?,9?,10?,11?,12?,14?,15-/m1/s1. The van der Waals surface area contributed by atoms with Crippen LogP contribution < -0.4 is 0 Å². The number of hydrogen-bond acceptors (Lipinski definition) is 0. The zero-order chi connectivity index (χ0) is 10.9. The van der Waals surface area contributed by atoms with E-state index in [1.165, 1.54) is 6.42 Å². The van der Waals surface area contributed by atoms with Crippen molar-refractivity contribution in [2.45, 2.75) is 18.7 Å². The Bertz CT molecular complexity index is 417. The molecule has 84 valence electrons. The number of rotatable bonds is 2. The van der Waals surface area contributed by atoms with E-state index in [-0.39, 0.29) is 0 Å². The zero-order valence-corrected chi connectivity index (χ0v) is 10.3. The van der Waals surface area contributed by atoms with Crippen molar-refractivity contribution in [2.75, 3.05) is 0 Å². The minimum atomic E-state index is 0.357. The number of alkyl halides is 1. The van der Waals surface area contributed by atoms with Crippen LogP contribution in [0.1, 0.15) is 13.3 Å². The van der Waals surface area contributed by atoms with Gasteiger partial charge in [0.25, 0.3) is 0 Å². The molecular weight excluding hydrogens is 216 g/mol. The fraction of sp³-hybridized carbons (Fsp3) is 0.600. The quantitative estimate of drug-likeness (QED) is 0.502. The Balaban J connectivity index is 1.52. The first-order valence-corrected chi connectivity index (χ1v) is 6.91. The van der Waals surface area contributed by atoms with Crippen LogP contribution in [0.25, 0.3) is 0 Å². The first-order chi connectivity index (χ1) is 7.77. The van der Waals surface area contributed by atoms with E-state index in [9.17, 15) is 0 Å². The van der Waals surface area contributed by atoms with E-state index >= 15 is 0 Å². The topological polar surface area (TPSA) is 0 Å². The molecule has 1 fully saturated rings. The van der Waals surface area contributed by atoms with Gasteiger partial charge in [0.1, 0.15) is 0 Å². The Morgan fingerprint density at radius 1 is 1.06 bits per heavy atom. The monoisotopic (exact) mass is 232 g/mol. The minimum Gasteiger partial charge on any atom is -0.118 e. The predicted octanol–water partition coefficient (Wildman–Crippen LogP) is 3.79. The summed E-state index contributed by atoms with van der Waals surface area (Å²) in [6.07, 6.45) is 13.2. The van der Waals surface area contributed by atoms with Crippen molar-refractivity contribution in [2.24, 2.45) is 35.5 Å². The number of halogens is 1. The Morgan fingerprint density at radius 3 is 2.19 bits per heavy atom. The van der Waals surface area contributed by atoms with E-state index < -0.39 is 0 Å². The summed E-state index contributed by atoms with van der Waals surface area (Å²) >= 11 is 6.47. The van der Waals surface area contributed by atoms with Gasteiger partial charge in [-0.1, -0.05) is 42.9 Å². The van der Waals surface area contributed by atoms with Gasteiger partial charge in [0.15, 0.2) is 0 Å². The van der Waals surface area contributed by atoms with E-state index in [0.29, 0.717) is 5.38 Å². The van der Waals surface area contributed by atoms with Gasteiger partial charge in [0.2, 0.25) is 0 Å². The lowest BCUT2D eigenvalue weighted by Gasteiger charge is -2.57. The van der Waals surface area contributed by atoms with Gasteiger partial charge in [-0.2, -0.15) is 0 Å². The molecule has 0 nitrogen and oxygen atoms in total. The Hall–Kier alpha value is -0.490. The summed E-state index contributed by atoms with van der Waals surface area (Å²) in [4.78, 5) is 0. The molecular formula is C15H17Cl. The Kier molecular flexibility index (Phi) is 1.81. The molecule has 0 aliphatic heterocycles. The van der Waals surface area contributed by atoms with Crippen LogP contribution in [0.2, 0.25) is 0 Å². The van der Waals surface area contributed by atoms with Crippen LogP contribution >= 0.6 is 11.6 Å². The Labute approximate surface area is 102 Å². The summed E-state index contributed by atoms with van der Waals surface area (Å²) in [5, 5.41) is 0.357. The molecule has 0 aromatic heterocycles. The maximum Gasteiger partial charge on any atom is 0.0588 e. The van der Waals surface area contributed by atoms with E-state index in [4.69, 9.17) is 11.6 Å². The maximum atomic E-state index is 6.47. The van der Waals surface area contributed by atoms with Gasteiger partial charge in [0, 0.05) is 0 Å². The largest absolute Gasteiger partial charge is 0.118 e. The lowest BCUT2D eigenvalue weighted by atomic mass is 9.50. The number of fused-ring (bicyclic) bond motifs is 1. The van der Waals surface area contributed by atoms with Gasteiger partial charge < -0.3 is 0 Å². The molecule has 0 bridgehead atoms. The lowest BCUT2D eigenvalue weighted by Crippen LogP contribution is -2.53. The molecule has 0 aromatic rings. The van der Waals surface area contributed by atoms with Gasteiger partial charge in [-0.15, -0.1) is 11.6 Å². The maximum absolute atomic E-state index is 6.47. The van der Waals surface area contributed by atoms with Crippen LogP contribution in [-0.2, 0) is 0 Å². The Morgan fingerprint density at radius 2 is 1.81 bits per heavy atom. The van der Waals surface area contributed by atoms with E-state index in [1.807, 2.05) is 0 Å². The third-order valence-corrected chi connectivity index (χ3v) is 5.83. The molecule has 6 unspecified atom stereocenters. The average Bonchev–Trinajstić information content (AvgIpc) is 2.19. The van der Waals surface area contributed by atoms with Crippen molar-refractivity contribution in [1.29, 1.82) is 0 Å². The smallest absolute Gasteiger partial charge is 0.0588 e. The summed E-state index contributed by atoms with van der Waals surface area (Å²) in [6.45, 7) is 2.33. The third-order valence-electron chi connectivity index (χ3n) is 5.29. The second-order valence-corrected chi connectivity index (χ2v) is 6.36. The van der Waals surface area contributed by atoms with Crippen molar-refractivity contribution in [1.82, 2.24) is 0 Å². The zero-order valence-electron chi connectivity index (χ0n) is 9.51.